The third kappa shape index (κ3) is 5.04. The zero-order valence-electron chi connectivity index (χ0n) is 20.3. The van der Waals surface area contributed by atoms with Crippen LogP contribution in [0.4, 0.5) is 5.69 Å². The summed E-state index contributed by atoms with van der Waals surface area (Å²) in [6.45, 7) is 2.15. The molecule has 0 bridgehead atoms. The van der Waals surface area contributed by atoms with E-state index in [2.05, 4.69) is 10.4 Å². The number of hydrogen-bond donors (Lipinski definition) is 1. The number of para-hydroxylation sites is 3. The van der Waals surface area contributed by atoms with E-state index in [1.807, 2.05) is 104 Å². The van der Waals surface area contributed by atoms with Crippen LogP contribution in [0.5, 0.6) is 11.5 Å². The van der Waals surface area contributed by atoms with Crippen LogP contribution in [0, 0.1) is 0 Å². The summed E-state index contributed by atoms with van der Waals surface area (Å²) in [4.78, 5) is 27.5. The highest BCUT2D eigenvalue weighted by molar-refractivity contribution is 6.10. The van der Waals surface area contributed by atoms with Crippen molar-refractivity contribution >= 4 is 11.6 Å². The molecule has 4 aromatic carbocycles. The molecule has 182 valence electrons. The molecule has 6 heteroatoms. The fourth-order valence-corrected chi connectivity index (χ4v) is 4.14. The van der Waals surface area contributed by atoms with Gasteiger partial charge in [0.2, 0.25) is 0 Å². The van der Waals surface area contributed by atoms with Crippen LogP contribution in [-0.2, 0) is 6.54 Å². The van der Waals surface area contributed by atoms with Crippen molar-refractivity contribution in [2.75, 3.05) is 5.32 Å². The maximum atomic E-state index is 13.9. The quantitative estimate of drug-likeness (QED) is 0.279. The third-order valence-electron chi connectivity index (χ3n) is 5.90. The molecule has 5 rings (SSSR count). The molecule has 0 radical (unpaired) electrons. The number of carbonyl (C=O) groups is 1. The van der Waals surface area contributed by atoms with Gasteiger partial charge in [-0.15, -0.1) is 0 Å². The van der Waals surface area contributed by atoms with E-state index in [0.717, 1.165) is 11.1 Å². The summed E-state index contributed by atoms with van der Waals surface area (Å²) in [5, 5.41) is 7.58. The molecule has 37 heavy (non-hydrogen) atoms. The Kier molecular flexibility index (Phi) is 6.90. The molecule has 1 heterocycles. The van der Waals surface area contributed by atoms with Gasteiger partial charge in [-0.3, -0.25) is 9.59 Å². The zero-order chi connectivity index (χ0) is 25.6. The molecular weight excluding hydrogens is 462 g/mol. The molecule has 0 spiro atoms. The standard InChI is InChI=1S/C31H25N3O3/c1-2-34-31(36)28(27(22-14-6-3-7-15-22)29(33-34)23-16-8-4-9-17-23)30(35)32-25-20-12-13-21-26(25)37-24-18-10-5-11-19-24/h3-21H,2H2,1H3,(H,32,35). The lowest BCUT2D eigenvalue weighted by Gasteiger charge is -2.17. The predicted octanol–water partition coefficient (Wildman–Crippen LogP) is 6.64. The number of nitrogens with one attached hydrogen (secondary N) is 1. The Hall–Kier alpha value is -4.97. The lowest BCUT2D eigenvalue weighted by atomic mass is 9.95. The van der Waals surface area contributed by atoms with E-state index in [1.165, 1.54) is 4.68 Å². The number of aromatic nitrogens is 2. The smallest absolute Gasteiger partial charge is 0.280 e. The first kappa shape index (κ1) is 23.8. The Morgan fingerprint density at radius 1 is 0.784 bits per heavy atom. The SMILES string of the molecule is CCn1nc(-c2ccccc2)c(-c2ccccc2)c(C(=O)Nc2ccccc2Oc2ccccc2)c1=O. The summed E-state index contributed by atoms with van der Waals surface area (Å²) in [6.07, 6.45) is 0. The highest BCUT2D eigenvalue weighted by Gasteiger charge is 2.25. The second-order valence-corrected chi connectivity index (χ2v) is 8.32. The molecule has 1 N–H and O–H groups in total. The fourth-order valence-electron chi connectivity index (χ4n) is 4.14. The first-order valence-corrected chi connectivity index (χ1v) is 12.0. The largest absolute Gasteiger partial charge is 0.455 e. The van der Waals surface area contributed by atoms with E-state index in [0.29, 0.717) is 35.0 Å². The predicted molar refractivity (Wildman–Crippen MR) is 146 cm³/mol. The van der Waals surface area contributed by atoms with Crippen molar-refractivity contribution in [3.05, 3.63) is 131 Å². The van der Waals surface area contributed by atoms with Crippen LogP contribution < -0.4 is 15.6 Å². The molecule has 0 aliphatic rings. The first-order valence-electron chi connectivity index (χ1n) is 12.0. The summed E-state index contributed by atoms with van der Waals surface area (Å²) in [5.74, 6) is 0.573. The third-order valence-corrected chi connectivity index (χ3v) is 5.90. The van der Waals surface area contributed by atoms with E-state index in [1.54, 1.807) is 18.2 Å². The maximum Gasteiger partial charge on any atom is 0.280 e. The molecule has 0 fully saturated rings. The number of hydrogen-bond acceptors (Lipinski definition) is 4. The van der Waals surface area contributed by atoms with E-state index < -0.39 is 11.5 Å². The summed E-state index contributed by atoms with van der Waals surface area (Å²) >= 11 is 0. The number of ether oxygens (including phenoxy) is 1. The molecule has 0 saturated heterocycles. The van der Waals surface area contributed by atoms with E-state index in [9.17, 15) is 9.59 Å². The number of amides is 1. The lowest BCUT2D eigenvalue weighted by Crippen LogP contribution is -2.32. The molecule has 6 nitrogen and oxygen atoms in total. The van der Waals surface area contributed by atoms with Gasteiger partial charge in [-0.2, -0.15) is 5.10 Å². The van der Waals surface area contributed by atoms with Gasteiger partial charge in [-0.25, -0.2) is 4.68 Å². The van der Waals surface area contributed by atoms with Crippen LogP contribution in [-0.4, -0.2) is 15.7 Å². The summed E-state index contributed by atoms with van der Waals surface area (Å²) in [5.41, 5.74) is 2.61. The molecule has 1 aromatic heterocycles. The van der Waals surface area contributed by atoms with Crippen LogP contribution in [0.15, 0.2) is 120 Å². The normalized spacial score (nSPS) is 10.6. The lowest BCUT2D eigenvalue weighted by molar-refractivity contribution is 0.102. The van der Waals surface area contributed by atoms with Crippen molar-refractivity contribution in [2.24, 2.45) is 0 Å². The fraction of sp³-hybridized carbons (Fsp3) is 0.0645. The second-order valence-electron chi connectivity index (χ2n) is 8.32. The van der Waals surface area contributed by atoms with Crippen LogP contribution in [0.2, 0.25) is 0 Å². The topological polar surface area (TPSA) is 73.2 Å². The van der Waals surface area contributed by atoms with Gasteiger partial charge in [0.15, 0.2) is 5.75 Å². The average molecular weight is 488 g/mol. The van der Waals surface area contributed by atoms with Crippen LogP contribution >= 0.6 is 0 Å². The molecule has 0 aliphatic carbocycles. The Morgan fingerprint density at radius 3 is 2.00 bits per heavy atom. The van der Waals surface area contributed by atoms with Gasteiger partial charge in [0, 0.05) is 17.7 Å². The van der Waals surface area contributed by atoms with Gasteiger partial charge in [0.25, 0.3) is 11.5 Å². The maximum absolute atomic E-state index is 13.9. The molecule has 0 saturated carbocycles. The summed E-state index contributed by atoms with van der Waals surface area (Å²) in [7, 11) is 0. The van der Waals surface area contributed by atoms with Crippen molar-refractivity contribution < 1.29 is 9.53 Å². The second kappa shape index (κ2) is 10.7. The van der Waals surface area contributed by atoms with Crippen molar-refractivity contribution in [1.29, 1.82) is 0 Å². The van der Waals surface area contributed by atoms with Gasteiger partial charge in [-0.1, -0.05) is 91.0 Å². The summed E-state index contributed by atoms with van der Waals surface area (Å²) < 4.78 is 7.35. The molecule has 0 unspecified atom stereocenters. The Bertz CT molecular complexity index is 1580. The highest BCUT2D eigenvalue weighted by Crippen LogP contribution is 2.34. The number of rotatable bonds is 7. The number of aryl methyl sites for hydroxylation is 1. The van der Waals surface area contributed by atoms with Crippen LogP contribution in [0.1, 0.15) is 17.3 Å². The van der Waals surface area contributed by atoms with Gasteiger partial charge < -0.3 is 10.1 Å². The van der Waals surface area contributed by atoms with E-state index in [-0.39, 0.29) is 5.56 Å². The molecule has 5 aromatic rings. The average Bonchev–Trinajstić information content (AvgIpc) is 2.95. The van der Waals surface area contributed by atoms with Crippen molar-refractivity contribution in [3.8, 4) is 33.9 Å². The minimum atomic E-state index is -0.533. The highest BCUT2D eigenvalue weighted by atomic mass is 16.5. The Morgan fingerprint density at radius 2 is 1.35 bits per heavy atom. The van der Waals surface area contributed by atoms with Crippen molar-refractivity contribution in [2.45, 2.75) is 13.5 Å². The van der Waals surface area contributed by atoms with Gasteiger partial charge >= 0.3 is 0 Å². The number of nitrogens with zero attached hydrogens (tertiary/aromatic N) is 2. The number of carbonyl (C=O) groups excluding carboxylic acids is 1. The van der Waals surface area contributed by atoms with E-state index in [4.69, 9.17) is 4.74 Å². The van der Waals surface area contributed by atoms with Gasteiger partial charge in [-0.05, 0) is 36.8 Å². The molecule has 0 atom stereocenters. The van der Waals surface area contributed by atoms with Crippen molar-refractivity contribution in [3.63, 3.8) is 0 Å². The van der Waals surface area contributed by atoms with Gasteiger partial charge in [0.05, 0.1) is 11.4 Å². The van der Waals surface area contributed by atoms with Crippen molar-refractivity contribution in [1.82, 2.24) is 9.78 Å². The molecule has 0 aliphatic heterocycles. The monoisotopic (exact) mass is 487 g/mol. The summed E-state index contributed by atoms with van der Waals surface area (Å²) in [6, 6.07) is 35.4. The number of benzene rings is 4. The minimum absolute atomic E-state index is 0.0245. The number of anilines is 1. The van der Waals surface area contributed by atoms with E-state index >= 15 is 0 Å². The Labute approximate surface area is 214 Å². The first-order chi connectivity index (χ1) is 18.2. The molecular formula is C31H25N3O3. The van der Waals surface area contributed by atoms with Crippen LogP contribution in [0.3, 0.4) is 0 Å². The Balaban J connectivity index is 1.65. The molecule has 1 amide bonds. The zero-order valence-corrected chi connectivity index (χ0v) is 20.3. The minimum Gasteiger partial charge on any atom is -0.455 e. The van der Waals surface area contributed by atoms with Crippen LogP contribution in [0.25, 0.3) is 22.4 Å². The van der Waals surface area contributed by atoms with Gasteiger partial charge in [0.1, 0.15) is 11.3 Å².